The van der Waals surface area contributed by atoms with Gasteiger partial charge in [-0.15, -0.1) is 11.3 Å². The Morgan fingerprint density at radius 1 is 1.45 bits per heavy atom. The first-order valence-corrected chi connectivity index (χ1v) is 9.49. The normalized spacial score (nSPS) is 16.2. The van der Waals surface area contributed by atoms with Gasteiger partial charge in [0.15, 0.2) is 0 Å². The van der Waals surface area contributed by atoms with Gasteiger partial charge in [-0.05, 0) is 26.2 Å². The van der Waals surface area contributed by atoms with Crippen LogP contribution in [0.3, 0.4) is 0 Å². The third-order valence-corrected chi connectivity index (χ3v) is 5.90. The van der Waals surface area contributed by atoms with Crippen molar-refractivity contribution in [1.82, 2.24) is 9.88 Å². The molecule has 1 heterocycles. The minimum atomic E-state index is 0.346. The van der Waals surface area contributed by atoms with Crippen LogP contribution in [0, 0.1) is 0 Å². The van der Waals surface area contributed by atoms with Crippen molar-refractivity contribution in [3.8, 4) is 0 Å². The topological polar surface area (TPSA) is 33.2 Å². The van der Waals surface area contributed by atoms with Crippen molar-refractivity contribution in [2.45, 2.75) is 62.3 Å². The van der Waals surface area contributed by atoms with Crippen LogP contribution in [0.1, 0.15) is 51.9 Å². The lowest BCUT2D eigenvalue weighted by atomic mass is 9.94. The van der Waals surface area contributed by atoms with E-state index >= 15 is 0 Å². The van der Waals surface area contributed by atoms with E-state index in [1.165, 1.54) is 32.1 Å². The fraction of sp³-hybridized carbons (Fsp3) is 0.733. The zero-order valence-electron chi connectivity index (χ0n) is 12.2. The molecule has 2 rings (SSSR count). The molecule has 1 fully saturated rings. The summed E-state index contributed by atoms with van der Waals surface area (Å²) in [4.78, 5) is 18.7. The standard InChI is InChI=1S/C15H24N2OS2/c1-2-17(13-7-4-3-5-8-13)14(18)9-6-11-19-15-16-10-12-20-15/h10,12-13H,2-9,11H2,1H3. The number of rotatable bonds is 7. The van der Waals surface area contributed by atoms with Crippen LogP contribution in [0.15, 0.2) is 15.9 Å². The molecule has 0 atom stereocenters. The van der Waals surface area contributed by atoms with Gasteiger partial charge in [0, 0.05) is 36.3 Å². The Morgan fingerprint density at radius 2 is 2.25 bits per heavy atom. The van der Waals surface area contributed by atoms with E-state index in [9.17, 15) is 4.79 Å². The summed E-state index contributed by atoms with van der Waals surface area (Å²) >= 11 is 3.43. The first-order valence-electron chi connectivity index (χ1n) is 7.63. The van der Waals surface area contributed by atoms with Gasteiger partial charge in [0.2, 0.25) is 5.91 Å². The van der Waals surface area contributed by atoms with Crippen LogP contribution in [-0.4, -0.2) is 34.1 Å². The van der Waals surface area contributed by atoms with Gasteiger partial charge in [-0.25, -0.2) is 4.98 Å². The molecule has 0 N–H and O–H groups in total. The smallest absolute Gasteiger partial charge is 0.222 e. The molecule has 20 heavy (non-hydrogen) atoms. The number of thiazole rings is 1. The Hall–Kier alpha value is -0.550. The van der Waals surface area contributed by atoms with E-state index in [0.29, 0.717) is 18.4 Å². The number of amides is 1. The second-order valence-electron chi connectivity index (χ2n) is 5.22. The van der Waals surface area contributed by atoms with E-state index < -0.39 is 0 Å². The molecule has 0 radical (unpaired) electrons. The van der Waals surface area contributed by atoms with E-state index in [4.69, 9.17) is 0 Å². The quantitative estimate of drug-likeness (QED) is 0.559. The lowest BCUT2D eigenvalue weighted by molar-refractivity contribution is -0.133. The maximum atomic E-state index is 12.3. The fourth-order valence-corrected chi connectivity index (χ4v) is 4.49. The zero-order chi connectivity index (χ0) is 14.2. The first kappa shape index (κ1) is 15.8. The number of carbonyl (C=O) groups is 1. The zero-order valence-corrected chi connectivity index (χ0v) is 13.8. The predicted octanol–water partition coefficient (Wildman–Crippen LogP) is 4.20. The Kier molecular flexibility index (Phi) is 6.87. The van der Waals surface area contributed by atoms with E-state index in [1.54, 1.807) is 23.1 Å². The Morgan fingerprint density at radius 3 is 2.90 bits per heavy atom. The minimum Gasteiger partial charge on any atom is -0.340 e. The summed E-state index contributed by atoms with van der Waals surface area (Å²) in [5.41, 5.74) is 0. The second kappa shape index (κ2) is 8.67. The highest BCUT2D eigenvalue weighted by Crippen LogP contribution is 2.24. The molecule has 0 aromatic carbocycles. The molecular formula is C15H24N2OS2. The van der Waals surface area contributed by atoms with Crippen LogP contribution >= 0.6 is 23.1 Å². The molecule has 1 aromatic heterocycles. The number of hydrogen-bond donors (Lipinski definition) is 0. The van der Waals surface area contributed by atoms with Crippen LogP contribution in [0.25, 0.3) is 0 Å². The first-order chi connectivity index (χ1) is 9.81. The Balaban J connectivity index is 1.69. The van der Waals surface area contributed by atoms with E-state index in [1.807, 2.05) is 11.6 Å². The molecule has 0 unspecified atom stereocenters. The molecule has 112 valence electrons. The van der Waals surface area contributed by atoms with Crippen LogP contribution in [-0.2, 0) is 4.79 Å². The average Bonchev–Trinajstić information content (AvgIpc) is 2.99. The molecule has 3 nitrogen and oxygen atoms in total. The van der Waals surface area contributed by atoms with Gasteiger partial charge in [0.1, 0.15) is 4.34 Å². The van der Waals surface area contributed by atoms with Gasteiger partial charge in [0.05, 0.1) is 0 Å². The lowest BCUT2D eigenvalue weighted by Gasteiger charge is -2.33. The molecule has 1 aliphatic carbocycles. The van der Waals surface area contributed by atoms with Gasteiger partial charge in [-0.1, -0.05) is 31.0 Å². The third kappa shape index (κ3) is 4.77. The summed E-state index contributed by atoms with van der Waals surface area (Å²) in [6.45, 7) is 2.97. The highest BCUT2D eigenvalue weighted by atomic mass is 32.2. The third-order valence-electron chi connectivity index (χ3n) is 3.85. The van der Waals surface area contributed by atoms with Crippen molar-refractivity contribution in [1.29, 1.82) is 0 Å². The molecule has 5 heteroatoms. The maximum Gasteiger partial charge on any atom is 0.222 e. The number of nitrogens with zero attached hydrogens (tertiary/aromatic N) is 2. The van der Waals surface area contributed by atoms with Gasteiger partial charge >= 0.3 is 0 Å². The maximum absolute atomic E-state index is 12.3. The summed E-state index contributed by atoms with van der Waals surface area (Å²) in [5.74, 6) is 1.33. The number of carbonyl (C=O) groups excluding carboxylic acids is 1. The Labute approximate surface area is 130 Å². The number of aromatic nitrogens is 1. The molecule has 0 saturated heterocycles. The monoisotopic (exact) mass is 312 g/mol. The predicted molar refractivity (Wildman–Crippen MR) is 86.3 cm³/mol. The molecule has 1 saturated carbocycles. The molecule has 1 amide bonds. The van der Waals surface area contributed by atoms with Crippen LogP contribution in [0.5, 0.6) is 0 Å². The van der Waals surface area contributed by atoms with E-state index in [2.05, 4.69) is 16.8 Å². The van der Waals surface area contributed by atoms with Crippen molar-refractivity contribution in [3.63, 3.8) is 0 Å². The fourth-order valence-electron chi connectivity index (χ4n) is 2.84. The van der Waals surface area contributed by atoms with E-state index in [-0.39, 0.29) is 0 Å². The van der Waals surface area contributed by atoms with Gasteiger partial charge in [0.25, 0.3) is 0 Å². The van der Waals surface area contributed by atoms with Crippen LogP contribution in [0.4, 0.5) is 0 Å². The Bertz CT molecular complexity index is 389. The van der Waals surface area contributed by atoms with Crippen molar-refractivity contribution in [2.24, 2.45) is 0 Å². The van der Waals surface area contributed by atoms with Crippen LogP contribution in [0.2, 0.25) is 0 Å². The highest BCUT2D eigenvalue weighted by molar-refractivity contribution is 8.00. The van der Waals surface area contributed by atoms with Crippen molar-refractivity contribution >= 4 is 29.0 Å². The summed E-state index contributed by atoms with van der Waals surface area (Å²) in [7, 11) is 0. The summed E-state index contributed by atoms with van der Waals surface area (Å²) in [6.07, 6.45) is 9.78. The molecule has 0 bridgehead atoms. The molecule has 0 aliphatic heterocycles. The summed E-state index contributed by atoms with van der Waals surface area (Å²) in [6, 6.07) is 0.507. The van der Waals surface area contributed by atoms with Crippen LogP contribution < -0.4 is 0 Å². The van der Waals surface area contributed by atoms with E-state index in [0.717, 1.165) is 23.1 Å². The average molecular weight is 313 g/mol. The van der Waals surface area contributed by atoms with Crippen molar-refractivity contribution in [3.05, 3.63) is 11.6 Å². The summed E-state index contributed by atoms with van der Waals surface area (Å²) < 4.78 is 1.11. The number of thioether (sulfide) groups is 1. The largest absolute Gasteiger partial charge is 0.340 e. The van der Waals surface area contributed by atoms with Gasteiger partial charge in [-0.3, -0.25) is 4.79 Å². The highest BCUT2D eigenvalue weighted by Gasteiger charge is 2.23. The number of hydrogen-bond acceptors (Lipinski definition) is 4. The molecular weight excluding hydrogens is 288 g/mol. The molecule has 0 spiro atoms. The van der Waals surface area contributed by atoms with Gasteiger partial charge < -0.3 is 4.90 Å². The van der Waals surface area contributed by atoms with Crippen molar-refractivity contribution < 1.29 is 4.79 Å². The summed E-state index contributed by atoms with van der Waals surface area (Å²) in [5, 5.41) is 2.00. The molecule has 1 aliphatic rings. The minimum absolute atomic E-state index is 0.346. The van der Waals surface area contributed by atoms with Crippen molar-refractivity contribution in [2.75, 3.05) is 12.3 Å². The second-order valence-corrected chi connectivity index (χ2v) is 7.46. The van der Waals surface area contributed by atoms with Gasteiger partial charge in [-0.2, -0.15) is 0 Å². The molecule has 1 aromatic rings. The lowest BCUT2D eigenvalue weighted by Crippen LogP contribution is -2.41. The SMILES string of the molecule is CCN(C(=O)CCCSc1nccs1)C1CCCCC1.